The highest BCUT2D eigenvalue weighted by Gasteiger charge is 2.40. The number of aromatic carboxylic acids is 1. The summed E-state index contributed by atoms with van der Waals surface area (Å²) in [5.41, 5.74) is 2.88. The number of carboxylic acid groups (broad SMARTS) is 1. The number of carbonyl (C=O) groups excluding carboxylic acids is 1. The minimum Gasteiger partial charge on any atom is -0.503 e. The number of carboxylic acids is 1. The van der Waals surface area contributed by atoms with Gasteiger partial charge in [0.25, 0.3) is 5.91 Å². The van der Waals surface area contributed by atoms with E-state index in [4.69, 9.17) is 14.2 Å². The number of hydrogen-bond acceptors (Lipinski definition) is 6. The van der Waals surface area contributed by atoms with Crippen molar-refractivity contribution in [2.45, 2.75) is 12.5 Å². The van der Waals surface area contributed by atoms with E-state index < -0.39 is 17.9 Å². The summed E-state index contributed by atoms with van der Waals surface area (Å²) in [7, 11) is 4.69. The third-order valence-electron chi connectivity index (χ3n) is 6.27. The minimum atomic E-state index is -1.04. The Kier molecular flexibility index (Phi) is 7.15. The molecule has 0 bridgehead atoms. The quantitative estimate of drug-likeness (QED) is 0.456. The van der Waals surface area contributed by atoms with Gasteiger partial charge in [0, 0.05) is 12.1 Å². The monoisotopic (exact) mass is 489 g/mol. The number of ether oxygens (including phenoxy) is 3. The van der Waals surface area contributed by atoms with E-state index in [0.717, 1.165) is 5.56 Å². The van der Waals surface area contributed by atoms with Gasteiger partial charge in [-0.2, -0.15) is 0 Å². The Morgan fingerprint density at radius 2 is 1.56 bits per heavy atom. The number of benzene rings is 3. The van der Waals surface area contributed by atoms with E-state index in [2.05, 4.69) is 0 Å². The van der Waals surface area contributed by atoms with Gasteiger partial charge in [0.2, 0.25) is 0 Å². The molecule has 0 saturated carbocycles. The van der Waals surface area contributed by atoms with Crippen LogP contribution in [-0.4, -0.2) is 54.9 Å². The van der Waals surface area contributed by atoms with Crippen LogP contribution in [0.5, 0.6) is 17.2 Å². The molecule has 186 valence electrons. The van der Waals surface area contributed by atoms with E-state index in [-0.39, 0.29) is 11.3 Å². The molecule has 0 aliphatic carbocycles. The summed E-state index contributed by atoms with van der Waals surface area (Å²) in [5.74, 6) is -0.0215. The molecule has 0 fully saturated rings. The van der Waals surface area contributed by atoms with E-state index in [0.29, 0.717) is 46.9 Å². The second-order valence-corrected chi connectivity index (χ2v) is 8.26. The van der Waals surface area contributed by atoms with E-state index in [1.54, 1.807) is 68.7 Å². The van der Waals surface area contributed by atoms with Gasteiger partial charge in [0.1, 0.15) is 5.75 Å². The van der Waals surface area contributed by atoms with Crippen LogP contribution >= 0.6 is 0 Å². The summed E-state index contributed by atoms with van der Waals surface area (Å²) in [6.45, 7) is 0.309. The second kappa shape index (κ2) is 10.4. The maximum Gasteiger partial charge on any atom is 0.335 e. The van der Waals surface area contributed by atoms with Gasteiger partial charge in [0.15, 0.2) is 17.3 Å². The predicted octanol–water partition coefficient (Wildman–Crippen LogP) is 4.51. The number of aliphatic hydroxyl groups excluding tert-OH is 1. The van der Waals surface area contributed by atoms with Crippen LogP contribution in [0.3, 0.4) is 0 Å². The topological polar surface area (TPSA) is 106 Å². The summed E-state index contributed by atoms with van der Waals surface area (Å²) in [6, 6.07) is 18.4. The Bertz CT molecular complexity index is 1300. The summed E-state index contributed by atoms with van der Waals surface area (Å²) in [5, 5.41) is 20.3. The third-order valence-corrected chi connectivity index (χ3v) is 6.27. The van der Waals surface area contributed by atoms with Crippen molar-refractivity contribution in [3.05, 3.63) is 94.7 Å². The highest BCUT2D eigenvalue weighted by Crippen LogP contribution is 2.43. The number of nitrogens with zero attached hydrogens (tertiary/aromatic N) is 1. The fourth-order valence-electron chi connectivity index (χ4n) is 4.39. The Balaban J connectivity index is 1.70. The zero-order valence-electron chi connectivity index (χ0n) is 20.2. The Morgan fingerprint density at radius 1 is 0.889 bits per heavy atom. The van der Waals surface area contributed by atoms with Crippen LogP contribution in [0.25, 0.3) is 5.57 Å². The first-order chi connectivity index (χ1) is 17.4. The van der Waals surface area contributed by atoms with E-state index in [1.807, 2.05) is 12.1 Å². The number of rotatable bonds is 9. The lowest BCUT2D eigenvalue weighted by atomic mass is 9.92. The minimum absolute atomic E-state index is 0.138. The van der Waals surface area contributed by atoms with Crippen molar-refractivity contribution in [3.8, 4) is 17.2 Å². The number of amides is 1. The largest absolute Gasteiger partial charge is 0.503 e. The van der Waals surface area contributed by atoms with Crippen molar-refractivity contribution in [2.24, 2.45) is 0 Å². The number of hydrogen-bond donors (Lipinski definition) is 2. The van der Waals surface area contributed by atoms with Crippen LogP contribution in [0.2, 0.25) is 0 Å². The van der Waals surface area contributed by atoms with E-state index in [1.165, 1.54) is 12.1 Å². The van der Waals surface area contributed by atoms with Gasteiger partial charge in [-0.1, -0.05) is 30.3 Å². The maximum atomic E-state index is 13.3. The molecule has 0 spiro atoms. The first-order valence-electron chi connectivity index (χ1n) is 11.3. The third kappa shape index (κ3) is 4.70. The molecule has 0 radical (unpaired) electrons. The lowest BCUT2D eigenvalue weighted by molar-refractivity contribution is -0.129. The van der Waals surface area contributed by atoms with Crippen LogP contribution in [0.4, 0.5) is 0 Å². The number of carbonyl (C=O) groups is 2. The van der Waals surface area contributed by atoms with E-state index >= 15 is 0 Å². The first-order valence-corrected chi connectivity index (χ1v) is 11.3. The van der Waals surface area contributed by atoms with Gasteiger partial charge >= 0.3 is 5.97 Å². The van der Waals surface area contributed by atoms with Gasteiger partial charge < -0.3 is 29.3 Å². The molecule has 2 N–H and O–H groups in total. The van der Waals surface area contributed by atoms with Crippen LogP contribution in [-0.2, 0) is 11.2 Å². The maximum absolute atomic E-state index is 13.3. The van der Waals surface area contributed by atoms with Crippen molar-refractivity contribution in [1.82, 2.24) is 4.90 Å². The highest BCUT2D eigenvalue weighted by molar-refractivity contribution is 6.05. The van der Waals surface area contributed by atoms with Crippen molar-refractivity contribution in [1.29, 1.82) is 0 Å². The molecule has 1 aliphatic rings. The van der Waals surface area contributed by atoms with Gasteiger partial charge in [-0.25, -0.2) is 4.79 Å². The van der Waals surface area contributed by atoms with Gasteiger partial charge in [-0.05, 0) is 59.5 Å². The molecular weight excluding hydrogens is 462 g/mol. The highest BCUT2D eigenvalue weighted by atomic mass is 16.5. The molecule has 1 atom stereocenters. The van der Waals surface area contributed by atoms with Crippen LogP contribution in [0, 0.1) is 0 Å². The van der Waals surface area contributed by atoms with Crippen molar-refractivity contribution in [2.75, 3.05) is 27.9 Å². The molecule has 1 heterocycles. The van der Waals surface area contributed by atoms with Crippen LogP contribution in [0.15, 0.2) is 72.5 Å². The molecule has 1 aliphatic heterocycles. The molecule has 36 heavy (non-hydrogen) atoms. The van der Waals surface area contributed by atoms with Gasteiger partial charge in [-0.15, -0.1) is 0 Å². The zero-order chi connectivity index (χ0) is 25.8. The Hall–Kier alpha value is -4.46. The fourth-order valence-corrected chi connectivity index (χ4v) is 4.39. The average Bonchev–Trinajstić information content (AvgIpc) is 3.16. The van der Waals surface area contributed by atoms with Gasteiger partial charge in [0.05, 0.1) is 32.9 Å². The smallest absolute Gasteiger partial charge is 0.335 e. The summed E-state index contributed by atoms with van der Waals surface area (Å²) >= 11 is 0. The van der Waals surface area contributed by atoms with Crippen molar-refractivity contribution >= 4 is 17.4 Å². The van der Waals surface area contributed by atoms with Crippen LogP contribution in [0.1, 0.15) is 33.1 Å². The molecule has 4 rings (SSSR count). The summed E-state index contributed by atoms with van der Waals surface area (Å²) in [4.78, 5) is 26.2. The number of aliphatic hydroxyl groups is 1. The Morgan fingerprint density at radius 3 is 2.14 bits per heavy atom. The Labute approximate surface area is 209 Å². The van der Waals surface area contributed by atoms with Crippen molar-refractivity contribution in [3.63, 3.8) is 0 Å². The molecular formula is C28H27NO7. The normalized spacial score (nSPS) is 15.2. The molecule has 1 amide bonds. The number of methoxy groups -OCH3 is 3. The summed E-state index contributed by atoms with van der Waals surface area (Å²) < 4.78 is 15.9. The molecule has 8 nitrogen and oxygen atoms in total. The van der Waals surface area contributed by atoms with Crippen LogP contribution < -0.4 is 14.2 Å². The zero-order valence-corrected chi connectivity index (χ0v) is 20.2. The standard InChI is InChI=1S/C28H27NO7/c1-34-21-11-9-18(10-12-21)24-25(19-5-7-20(8-6-19)28(32)33)29(27(31)26(24)30)15-14-17-4-13-22(35-2)23(16-17)36-3/h4-13,16,25,30H,14-15H2,1-3H3,(H,32,33)/t25-/m0/s1. The van der Waals surface area contributed by atoms with Gasteiger partial charge in [-0.3, -0.25) is 4.79 Å². The average molecular weight is 490 g/mol. The molecule has 8 heteroatoms. The lowest BCUT2D eigenvalue weighted by Crippen LogP contribution is -2.32. The molecule has 0 aromatic heterocycles. The summed E-state index contributed by atoms with van der Waals surface area (Å²) in [6.07, 6.45) is 0.499. The fraction of sp³-hybridized carbons (Fsp3) is 0.214. The molecule has 3 aromatic rings. The molecule has 0 unspecified atom stereocenters. The van der Waals surface area contributed by atoms with Crippen molar-refractivity contribution < 1.29 is 34.0 Å². The second-order valence-electron chi connectivity index (χ2n) is 8.26. The molecule has 0 saturated heterocycles. The lowest BCUT2D eigenvalue weighted by Gasteiger charge is -2.27. The SMILES string of the molecule is COc1ccc(C2=C(O)C(=O)N(CCc3ccc(OC)c(OC)c3)[C@H]2c2ccc(C(=O)O)cc2)cc1. The van der Waals surface area contributed by atoms with E-state index in [9.17, 15) is 19.8 Å². The predicted molar refractivity (Wildman–Crippen MR) is 134 cm³/mol. The first kappa shape index (κ1) is 24.7. The molecule has 3 aromatic carbocycles.